The number of hydrogen-bond acceptors (Lipinski definition) is 5. The van der Waals surface area contributed by atoms with Gasteiger partial charge in [0.05, 0.1) is 0 Å². The Bertz CT molecular complexity index is 459. The number of rotatable bonds is 7. The molecular formula is C12H16N4O3. The molecule has 0 aliphatic carbocycles. The largest absolute Gasteiger partial charge is 0.480 e. The smallest absolute Gasteiger partial charge is 0.326 e. The molecule has 3 N–H and O–H groups in total. The van der Waals surface area contributed by atoms with Gasteiger partial charge in [0.25, 0.3) is 5.91 Å². The number of aromatic nitrogens is 2. The zero-order valence-corrected chi connectivity index (χ0v) is 10.6. The van der Waals surface area contributed by atoms with Crippen LogP contribution in [0.1, 0.15) is 23.8 Å². The summed E-state index contributed by atoms with van der Waals surface area (Å²) in [7, 11) is 0. The van der Waals surface area contributed by atoms with Gasteiger partial charge < -0.3 is 15.7 Å². The molecule has 1 aromatic rings. The van der Waals surface area contributed by atoms with Crippen molar-refractivity contribution < 1.29 is 14.7 Å². The van der Waals surface area contributed by atoms with Crippen molar-refractivity contribution in [3.05, 3.63) is 30.5 Å². The highest BCUT2D eigenvalue weighted by Gasteiger charge is 2.16. The number of aliphatic carboxylic acids is 1. The Hall–Kier alpha value is -2.44. The Kier molecular flexibility index (Phi) is 5.46. The number of carbonyl (C=O) groups is 2. The molecule has 0 bridgehead atoms. The Morgan fingerprint density at radius 2 is 2.21 bits per heavy atom. The lowest BCUT2D eigenvalue weighted by atomic mass is 10.2. The predicted octanol–water partition coefficient (Wildman–Crippen LogP) is 0.667. The molecule has 7 nitrogen and oxygen atoms in total. The number of amides is 1. The summed E-state index contributed by atoms with van der Waals surface area (Å²) in [5, 5.41) is 21.7. The van der Waals surface area contributed by atoms with Crippen LogP contribution in [0.5, 0.6) is 0 Å². The minimum atomic E-state index is -1.01. The molecule has 1 atom stereocenters. The number of carbonyl (C=O) groups excluding carboxylic acids is 1. The topological polar surface area (TPSA) is 104 Å². The molecule has 0 saturated heterocycles. The summed E-state index contributed by atoms with van der Waals surface area (Å²) in [4.78, 5) is 22.4. The first-order chi connectivity index (χ1) is 9.08. The zero-order valence-electron chi connectivity index (χ0n) is 10.6. The van der Waals surface area contributed by atoms with E-state index >= 15 is 0 Å². The third kappa shape index (κ3) is 4.38. The van der Waals surface area contributed by atoms with Gasteiger partial charge in [0.1, 0.15) is 11.9 Å². The molecule has 1 heterocycles. The van der Waals surface area contributed by atoms with Crippen LogP contribution in [0.15, 0.2) is 24.8 Å². The van der Waals surface area contributed by atoms with Crippen molar-refractivity contribution in [3.63, 3.8) is 0 Å². The number of nitrogens with one attached hydrogen (secondary N) is 2. The molecule has 1 amide bonds. The van der Waals surface area contributed by atoms with Crippen LogP contribution in [0.2, 0.25) is 0 Å². The average molecular weight is 264 g/mol. The molecule has 0 fully saturated rings. The third-order valence-corrected chi connectivity index (χ3v) is 2.26. The maximum atomic E-state index is 11.4. The summed E-state index contributed by atoms with van der Waals surface area (Å²) >= 11 is 0. The van der Waals surface area contributed by atoms with E-state index in [1.54, 1.807) is 6.92 Å². The van der Waals surface area contributed by atoms with Gasteiger partial charge in [-0.25, -0.2) is 4.79 Å². The van der Waals surface area contributed by atoms with E-state index in [0.29, 0.717) is 12.4 Å². The van der Waals surface area contributed by atoms with Crippen LogP contribution < -0.4 is 10.6 Å². The molecule has 0 radical (unpaired) electrons. The molecule has 0 aliphatic heterocycles. The number of carboxylic acid groups (broad SMARTS) is 1. The van der Waals surface area contributed by atoms with Gasteiger partial charge >= 0.3 is 5.97 Å². The normalized spacial score (nSPS) is 11.4. The first-order valence-corrected chi connectivity index (χ1v) is 5.80. The van der Waals surface area contributed by atoms with Gasteiger partial charge in [-0.05, 0) is 25.5 Å². The second-order valence-electron chi connectivity index (χ2n) is 3.72. The van der Waals surface area contributed by atoms with Crippen LogP contribution in [0.25, 0.3) is 0 Å². The Labute approximate surface area is 110 Å². The van der Waals surface area contributed by atoms with Crippen LogP contribution in [0, 0.1) is 0 Å². The maximum Gasteiger partial charge on any atom is 0.326 e. The van der Waals surface area contributed by atoms with Crippen molar-refractivity contribution in [2.45, 2.75) is 19.4 Å². The monoisotopic (exact) mass is 264 g/mol. The van der Waals surface area contributed by atoms with Crippen LogP contribution >= 0.6 is 0 Å². The second kappa shape index (κ2) is 7.10. The molecule has 0 spiro atoms. The first kappa shape index (κ1) is 14.6. The zero-order chi connectivity index (χ0) is 14.3. The van der Waals surface area contributed by atoms with E-state index in [-0.39, 0.29) is 18.0 Å². The summed E-state index contributed by atoms with van der Waals surface area (Å²) < 4.78 is 0. The van der Waals surface area contributed by atoms with Gasteiger partial charge in [0, 0.05) is 6.54 Å². The highest BCUT2D eigenvalue weighted by Crippen LogP contribution is 2.07. The Balaban J connectivity index is 2.72. The Morgan fingerprint density at radius 3 is 2.68 bits per heavy atom. The second-order valence-corrected chi connectivity index (χ2v) is 3.72. The van der Waals surface area contributed by atoms with Gasteiger partial charge in [-0.1, -0.05) is 6.08 Å². The van der Waals surface area contributed by atoms with Crippen molar-refractivity contribution in [2.75, 3.05) is 11.9 Å². The van der Waals surface area contributed by atoms with E-state index in [9.17, 15) is 9.59 Å². The van der Waals surface area contributed by atoms with Gasteiger partial charge in [-0.2, -0.15) is 0 Å². The van der Waals surface area contributed by atoms with E-state index < -0.39 is 12.0 Å². The van der Waals surface area contributed by atoms with Crippen LogP contribution in [-0.4, -0.2) is 39.8 Å². The van der Waals surface area contributed by atoms with Gasteiger partial charge in [-0.15, -0.1) is 16.8 Å². The average Bonchev–Trinajstić information content (AvgIpc) is 2.39. The SMILES string of the molecule is C=CCC(Nc1ccc(C(=O)NCC)nn1)C(=O)O. The van der Waals surface area contributed by atoms with Crippen molar-refractivity contribution in [2.24, 2.45) is 0 Å². The van der Waals surface area contributed by atoms with Crippen molar-refractivity contribution in [3.8, 4) is 0 Å². The molecule has 102 valence electrons. The predicted molar refractivity (Wildman–Crippen MR) is 69.9 cm³/mol. The molecule has 19 heavy (non-hydrogen) atoms. The van der Waals surface area contributed by atoms with E-state index in [0.717, 1.165) is 0 Å². The van der Waals surface area contributed by atoms with Gasteiger partial charge in [0.15, 0.2) is 5.69 Å². The molecule has 0 aliphatic rings. The molecule has 1 rings (SSSR count). The fourth-order valence-electron chi connectivity index (χ4n) is 1.35. The van der Waals surface area contributed by atoms with Crippen LogP contribution in [0.4, 0.5) is 5.82 Å². The lowest BCUT2D eigenvalue weighted by Crippen LogP contribution is -2.29. The van der Waals surface area contributed by atoms with E-state index in [2.05, 4.69) is 27.4 Å². The molecule has 7 heteroatoms. The van der Waals surface area contributed by atoms with Crippen LogP contribution in [-0.2, 0) is 4.79 Å². The lowest BCUT2D eigenvalue weighted by molar-refractivity contribution is -0.137. The fraction of sp³-hybridized carbons (Fsp3) is 0.333. The number of nitrogens with zero attached hydrogens (tertiary/aromatic N) is 2. The van der Waals surface area contributed by atoms with Gasteiger partial charge in [0.2, 0.25) is 0 Å². The quantitative estimate of drug-likeness (QED) is 0.625. The highest BCUT2D eigenvalue weighted by molar-refractivity contribution is 5.92. The van der Waals surface area contributed by atoms with Crippen LogP contribution in [0.3, 0.4) is 0 Å². The summed E-state index contributed by atoms with van der Waals surface area (Å²) in [5.74, 6) is -1.03. The van der Waals surface area contributed by atoms with Crippen molar-refractivity contribution >= 4 is 17.7 Å². The van der Waals surface area contributed by atoms with Crippen molar-refractivity contribution in [1.82, 2.24) is 15.5 Å². The maximum absolute atomic E-state index is 11.4. The van der Waals surface area contributed by atoms with Crippen molar-refractivity contribution in [1.29, 1.82) is 0 Å². The first-order valence-electron chi connectivity index (χ1n) is 5.80. The molecule has 0 saturated carbocycles. The Morgan fingerprint density at radius 1 is 1.47 bits per heavy atom. The molecule has 1 aromatic heterocycles. The summed E-state index contributed by atoms with van der Waals surface area (Å²) in [6.45, 7) is 5.79. The summed E-state index contributed by atoms with van der Waals surface area (Å²) in [6, 6.07) is 2.17. The lowest BCUT2D eigenvalue weighted by Gasteiger charge is -2.12. The minimum Gasteiger partial charge on any atom is -0.480 e. The molecule has 0 aromatic carbocycles. The molecule has 1 unspecified atom stereocenters. The standard InChI is InChI=1S/C12H16N4O3/c1-3-5-9(12(18)19)14-10-7-6-8(15-16-10)11(17)13-4-2/h3,6-7,9H,1,4-5H2,2H3,(H,13,17)(H,14,16)(H,18,19). The highest BCUT2D eigenvalue weighted by atomic mass is 16.4. The van der Waals surface area contributed by atoms with E-state index in [1.807, 2.05) is 0 Å². The summed E-state index contributed by atoms with van der Waals surface area (Å²) in [5.41, 5.74) is 0.183. The van der Waals surface area contributed by atoms with E-state index in [4.69, 9.17) is 5.11 Å². The number of hydrogen-bond donors (Lipinski definition) is 3. The minimum absolute atomic E-state index is 0.183. The number of anilines is 1. The fourth-order valence-corrected chi connectivity index (χ4v) is 1.35. The third-order valence-electron chi connectivity index (χ3n) is 2.26. The summed E-state index contributed by atoms with van der Waals surface area (Å²) in [6.07, 6.45) is 1.76. The number of carboxylic acids is 1. The van der Waals surface area contributed by atoms with Gasteiger partial charge in [-0.3, -0.25) is 4.79 Å². The van der Waals surface area contributed by atoms with E-state index in [1.165, 1.54) is 18.2 Å². The molecular weight excluding hydrogens is 248 g/mol.